The largest absolute Gasteiger partial charge is 0.396 e. The summed E-state index contributed by atoms with van der Waals surface area (Å²) in [5.74, 6) is 0. The molecule has 3 nitrogen and oxygen atoms in total. The number of hydrogen-bond donors (Lipinski definition) is 2. The third kappa shape index (κ3) is 2.76. The van der Waals surface area contributed by atoms with Crippen molar-refractivity contribution in [3.05, 3.63) is 28.5 Å². The number of halogens is 1. The minimum absolute atomic E-state index is 0.690. The van der Waals surface area contributed by atoms with Gasteiger partial charge in [0.15, 0.2) is 0 Å². The van der Waals surface area contributed by atoms with Crippen LogP contribution in [0.15, 0.2) is 28.5 Å². The van der Waals surface area contributed by atoms with Crippen LogP contribution < -0.4 is 11.1 Å². The van der Waals surface area contributed by atoms with Gasteiger partial charge in [-0.2, -0.15) is 0 Å². The van der Waals surface area contributed by atoms with E-state index in [-0.39, 0.29) is 0 Å². The lowest BCUT2D eigenvalue weighted by Crippen LogP contribution is -2.06. The number of aromatic nitrogens is 1. The Bertz CT molecular complexity index is 381. The summed E-state index contributed by atoms with van der Waals surface area (Å²) in [6.07, 6.45) is 10.7. The highest BCUT2D eigenvalue weighted by molar-refractivity contribution is 9.10. The number of allylic oxidation sites excluding steroid dienone is 1. The van der Waals surface area contributed by atoms with Gasteiger partial charge < -0.3 is 11.1 Å². The van der Waals surface area contributed by atoms with Crippen molar-refractivity contribution in [2.24, 2.45) is 0 Å². The molecule has 0 saturated carbocycles. The summed E-state index contributed by atoms with van der Waals surface area (Å²) in [7, 11) is 0. The molecular weight excluding hydrogens is 266 g/mol. The Morgan fingerprint density at radius 2 is 2.31 bits per heavy atom. The smallest absolute Gasteiger partial charge is 0.0750 e. The molecule has 0 aromatic carbocycles. The Morgan fingerprint density at radius 3 is 3.00 bits per heavy atom. The van der Waals surface area contributed by atoms with E-state index in [9.17, 15) is 0 Å². The minimum Gasteiger partial charge on any atom is -0.396 e. The quantitative estimate of drug-likeness (QED) is 0.833. The molecule has 0 saturated heterocycles. The molecule has 1 heterocycles. The third-order valence-electron chi connectivity index (χ3n) is 2.81. The zero-order valence-electron chi connectivity index (χ0n) is 9.17. The van der Waals surface area contributed by atoms with Gasteiger partial charge >= 0.3 is 0 Å². The molecule has 2 rings (SSSR count). The van der Waals surface area contributed by atoms with Crippen molar-refractivity contribution in [2.45, 2.75) is 25.7 Å². The van der Waals surface area contributed by atoms with E-state index in [2.05, 4.69) is 32.3 Å². The van der Waals surface area contributed by atoms with E-state index in [1.165, 1.54) is 19.3 Å². The maximum absolute atomic E-state index is 5.85. The van der Waals surface area contributed by atoms with Gasteiger partial charge in [-0.3, -0.25) is 4.98 Å². The number of nitrogens with two attached hydrogens (primary N) is 1. The molecule has 1 aliphatic carbocycles. The van der Waals surface area contributed by atoms with Crippen molar-refractivity contribution in [2.75, 3.05) is 17.6 Å². The lowest BCUT2D eigenvalue weighted by atomic mass is 10.1. The highest BCUT2D eigenvalue weighted by atomic mass is 79.9. The van der Waals surface area contributed by atoms with Gasteiger partial charge in [0, 0.05) is 12.7 Å². The van der Waals surface area contributed by atoms with Crippen LogP contribution in [0.25, 0.3) is 0 Å². The molecule has 86 valence electrons. The summed E-state index contributed by atoms with van der Waals surface area (Å²) in [4.78, 5) is 4.01. The molecule has 0 bridgehead atoms. The average Bonchev–Trinajstić information content (AvgIpc) is 2.75. The molecule has 0 radical (unpaired) electrons. The van der Waals surface area contributed by atoms with Gasteiger partial charge in [0.1, 0.15) is 0 Å². The van der Waals surface area contributed by atoms with Gasteiger partial charge in [-0.05, 0) is 41.6 Å². The van der Waals surface area contributed by atoms with Gasteiger partial charge in [-0.1, -0.05) is 11.6 Å². The summed E-state index contributed by atoms with van der Waals surface area (Å²) in [5, 5.41) is 3.36. The van der Waals surface area contributed by atoms with Crippen LogP contribution in [0.5, 0.6) is 0 Å². The highest BCUT2D eigenvalue weighted by Gasteiger charge is 2.06. The zero-order valence-corrected chi connectivity index (χ0v) is 10.8. The lowest BCUT2D eigenvalue weighted by molar-refractivity contribution is 0.863. The molecule has 4 heteroatoms. The first-order valence-corrected chi connectivity index (χ1v) is 6.37. The Balaban J connectivity index is 1.89. The molecule has 1 aromatic rings. The first-order valence-electron chi connectivity index (χ1n) is 5.58. The van der Waals surface area contributed by atoms with Crippen molar-refractivity contribution in [3.63, 3.8) is 0 Å². The summed E-state index contributed by atoms with van der Waals surface area (Å²) in [6, 6.07) is 0. The monoisotopic (exact) mass is 281 g/mol. The van der Waals surface area contributed by atoms with Crippen molar-refractivity contribution >= 4 is 27.3 Å². The van der Waals surface area contributed by atoms with E-state index in [0.717, 1.165) is 23.1 Å². The fourth-order valence-electron chi connectivity index (χ4n) is 1.95. The van der Waals surface area contributed by atoms with Gasteiger partial charge in [0.05, 0.1) is 22.0 Å². The van der Waals surface area contributed by atoms with Crippen LogP contribution in [0.2, 0.25) is 0 Å². The third-order valence-corrected chi connectivity index (χ3v) is 3.41. The fourth-order valence-corrected chi connectivity index (χ4v) is 2.44. The van der Waals surface area contributed by atoms with Crippen molar-refractivity contribution < 1.29 is 0 Å². The molecule has 0 amide bonds. The number of rotatable bonds is 4. The molecule has 0 aliphatic heterocycles. The number of hydrogen-bond acceptors (Lipinski definition) is 3. The maximum atomic E-state index is 5.85. The molecule has 16 heavy (non-hydrogen) atoms. The summed E-state index contributed by atoms with van der Waals surface area (Å²) < 4.78 is 0.924. The van der Waals surface area contributed by atoms with Crippen molar-refractivity contribution in [1.29, 1.82) is 0 Å². The topological polar surface area (TPSA) is 50.9 Å². The van der Waals surface area contributed by atoms with Crippen LogP contribution in [0.3, 0.4) is 0 Å². The second-order valence-corrected chi connectivity index (χ2v) is 4.87. The van der Waals surface area contributed by atoms with Crippen molar-refractivity contribution in [3.8, 4) is 0 Å². The second-order valence-electron chi connectivity index (χ2n) is 4.02. The zero-order chi connectivity index (χ0) is 11.4. The molecule has 0 atom stereocenters. The molecule has 0 unspecified atom stereocenters. The Morgan fingerprint density at radius 1 is 1.44 bits per heavy atom. The van der Waals surface area contributed by atoms with Gasteiger partial charge in [-0.25, -0.2) is 0 Å². The first-order chi connectivity index (χ1) is 7.77. The summed E-state index contributed by atoms with van der Waals surface area (Å²) in [6.45, 7) is 0.929. The standard InChI is InChI=1S/C12H16BrN3/c13-10-7-15-8-11(14)12(10)16-6-5-9-3-1-2-4-9/h3,7-8H,1-2,4-6,14H2,(H,15,16). The van der Waals surface area contributed by atoms with Crippen LogP contribution in [0.1, 0.15) is 25.7 Å². The van der Waals surface area contributed by atoms with E-state index < -0.39 is 0 Å². The SMILES string of the molecule is Nc1cncc(Br)c1NCCC1=CCCC1. The van der Waals surface area contributed by atoms with E-state index in [4.69, 9.17) is 5.73 Å². The van der Waals surface area contributed by atoms with Gasteiger partial charge in [-0.15, -0.1) is 0 Å². The van der Waals surface area contributed by atoms with Crippen LogP contribution in [-0.2, 0) is 0 Å². The number of nitrogen functional groups attached to an aromatic ring is 1. The molecule has 1 aromatic heterocycles. The number of pyridine rings is 1. The Hall–Kier alpha value is -1.03. The first kappa shape index (κ1) is 11.5. The molecule has 0 spiro atoms. The summed E-state index contributed by atoms with van der Waals surface area (Å²) in [5.41, 5.74) is 9.05. The van der Waals surface area contributed by atoms with Crippen LogP contribution in [0.4, 0.5) is 11.4 Å². The van der Waals surface area contributed by atoms with Gasteiger partial charge in [0.2, 0.25) is 0 Å². The van der Waals surface area contributed by atoms with E-state index in [0.29, 0.717) is 5.69 Å². The van der Waals surface area contributed by atoms with Crippen molar-refractivity contribution in [1.82, 2.24) is 4.98 Å². The Kier molecular flexibility index (Phi) is 3.83. The van der Waals surface area contributed by atoms with Gasteiger partial charge in [0.25, 0.3) is 0 Å². The predicted molar refractivity (Wildman–Crippen MR) is 71.4 cm³/mol. The van der Waals surface area contributed by atoms with E-state index in [1.807, 2.05) is 0 Å². The van der Waals surface area contributed by atoms with Crippen LogP contribution >= 0.6 is 15.9 Å². The fraction of sp³-hybridized carbons (Fsp3) is 0.417. The number of anilines is 2. The Labute approximate surface area is 104 Å². The molecular formula is C12H16BrN3. The van der Waals surface area contributed by atoms with E-state index >= 15 is 0 Å². The highest BCUT2D eigenvalue weighted by Crippen LogP contribution is 2.27. The second kappa shape index (κ2) is 5.34. The van der Waals surface area contributed by atoms with E-state index in [1.54, 1.807) is 18.0 Å². The number of nitrogens with one attached hydrogen (secondary N) is 1. The molecule has 0 fully saturated rings. The maximum Gasteiger partial charge on any atom is 0.0750 e. The molecule has 1 aliphatic rings. The average molecular weight is 282 g/mol. The normalized spacial score (nSPS) is 14.9. The minimum atomic E-state index is 0.690. The molecule has 3 N–H and O–H groups in total. The van der Waals surface area contributed by atoms with Crippen LogP contribution in [-0.4, -0.2) is 11.5 Å². The predicted octanol–water partition coefficient (Wildman–Crippen LogP) is 3.34. The lowest BCUT2D eigenvalue weighted by Gasteiger charge is -2.10. The van der Waals surface area contributed by atoms with Crippen LogP contribution in [0, 0.1) is 0 Å². The number of nitrogens with zero attached hydrogens (tertiary/aromatic N) is 1. The summed E-state index contributed by atoms with van der Waals surface area (Å²) >= 11 is 3.44.